The minimum absolute atomic E-state index is 0.0157. The summed E-state index contributed by atoms with van der Waals surface area (Å²) in [6.07, 6.45) is 5.71. The number of benzene rings is 1. The van der Waals surface area contributed by atoms with Crippen LogP contribution in [-0.2, 0) is 6.54 Å². The first-order valence-corrected chi connectivity index (χ1v) is 8.00. The highest BCUT2D eigenvalue weighted by Gasteiger charge is 2.32. The molecule has 4 rings (SSSR count). The van der Waals surface area contributed by atoms with Gasteiger partial charge in [0, 0.05) is 18.9 Å². The third kappa shape index (κ3) is 2.65. The molecule has 0 saturated carbocycles. The van der Waals surface area contributed by atoms with E-state index in [0.717, 1.165) is 25.9 Å². The minimum Gasteiger partial charge on any atom is -0.486 e. The second kappa shape index (κ2) is 5.95. The summed E-state index contributed by atoms with van der Waals surface area (Å²) in [6, 6.07) is 7.58. The van der Waals surface area contributed by atoms with E-state index in [1.807, 2.05) is 40.0 Å². The van der Waals surface area contributed by atoms with Crippen molar-refractivity contribution in [3.8, 4) is 11.5 Å². The zero-order chi connectivity index (χ0) is 15.6. The summed E-state index contributed by atoms with van der Waals surface area (Å²) in [6.45, 7) is 2.50. The Kier molecular flexibility index (Phi) is 3.65. The van der Waals surface area contributed by atoms with Gasteiger partial charge in [-0.1, -0.05) is 6.07 Å². The number of ether oxygens (including phenoxy) is 2. The van der Waals surface area contributed by atoms with Gasteiger partial charge in [0.05, 0.1) is 18.2 Å². The van der Waals surface area contributed by atoms with Crippen LogP contribution < -0.4 is 9.47 Å². The van der Waals surface area contributed by atoms with Crippen molar-refractivity contribution in [1.29, 1.82) is 0 Å². The first kappa shape index (κ1) is 14.1. The molecule has 120 valence electrons. The van der Waals surface area contributed by atoms with Crippen LogP contribution in [-0.4, -0.2) is 46.4 Å². The van der Waals surface area contributed by atoms with Gasteiger partial charge in [-0.25, -0.2) is 0 Å². The van der Waals surface area contributed by atoms with Gasteiger partial charge in [-0.15, -0.1) is 0 Å². The molecule has 0 unspecified atom stereocenters. The number of fused-ring (bicyclic) bond motifs is 1. The fourth-order valence-corrected chi connectivity index (χ4v) is 3.31. The zero-order valence-corrected chi connectivity index (χ0v) is 12.9. The smallest absolute Gasteiger partial charge is 0.258 e. The lowest BCUT2D eigenvalue weighted by atomic mass is 10.1. The van der Waals surface area contributed by atoms with E-state index in [4.69, 9.17) is 9.47 Å². The lowest BCUT2D eigenvalue weighted by Crippen LogP contribution is -2.38. The summed E-state index contributed by atoms with van der Waals surface area (Å²) < 4.78 is 13.2. The number of rotatable bonds is 3. The molecule has 2 aliphatic rings. The van der Waals surface area contributed by atoms with E-state index in [1.165, 1.54) is 0 Å². The Morgan fingerprint density at radius 2 is 2.17 bits per heavy atom. The summed E-state index contributed by atoms with van der Waals surface area (Å²) >= 11 is 0. The van der Waals surface area contributed by atoms with Gasteiger partial charge in [0.25, 0.3) is 5.91 Å². The molecule has 0 radical (unpaired) electrons. The fourth-order valence-electron chi connectivity index (χ4n) is 3.31. The first-order chi connectivity index (χ1) is 11.3. The average Bonchev–Trinajstić information content (AvgIpc) is 3.26. The number of para-hydroxylation sites is 1. The number of amides is 1. The Morgan fingerprint density at radius 1 is 1.26 bits per heavy atom. The van der Waals surface area contributed by atoms with Crippen molar-refractivity contribution in [2.24, 2.45) is 0 Å². The quantitative estimate of drug-likeness (QED) is 0.869. The molecule has 0 N–H and O–H groups in total. The van der Waals surface area contributed by atoms with Crippen molar-refractivity contribution in [2.45, 2.75) is 25.4 Å². The first-order valence-electron chi connectivity index (χ1n) is 8.00. The Hall–Kier alpha value is -2.50. The van der Waals surface area contributed by atoms with Gasteiger partial charge < -0.3 is 14.4 Å². The Labute approximate surface area is 134 Å². The molecule has 1 aromatic carbocycles. The number of hydrogen-bond acceptors (Lipinski definition) is 4. The lowest BCUT2D eigenvalue weighted by Gasteiger charge is -2.27. The van der Waals surface area contributed by atoms with Crippen molar-refractivity contribution in [1.82, 2.24) is 14.7 Å². The number of nitrogens with zero attached hydrogens (tertiary/aromatic N) is 3. The van der Waals surface area contributed by atoms with E-state index >= 15 is 0 Å². The predicted octanol–water partition coefficient (Wildman–Crippen LogP) is 1.96. The van der Waals surface area contributed by atoms with Crippen LogP contribution in [0.15, 0.2) is 36.7 Å². The van der Waals surface area contributed by atoms with Gasteiger partial charge in [0.15, 0.2) is 11.5 Å². The van der Waals surface area contributed by atoms with Gasteiger partial charge >= 0.3 is 0 Å². The maximum atomic E-state index is 13.0. The molecule has 0 spiro atoms. The number of likely N-dealkylation sites (tertiary alicyclic amines) is 1. The molecule has 23 heavy (non-hydrogen) atoms. The van der Waals surface area contributed by atoms with Gasteiger partial charge in [-0.05, 0) is 31.0 Å². The Morgan fingerprint density at radius 3 is 3.04 bits per heavy atom. The van der Waals surface area contributed by atoms with Crippen LogP contribution >= 0.6 is 0 Å². The van der Waals surface area contributed by atoms with Crippen LogP contribution in [0.5, 0.6) is 11.5 Å². The molecular formula is C17H19N3O3. The van der Waals surface area contributed by atoms with Crippen molar-refractivity contribution < 1.29 is 14.3 Å². The van der Waals surface area contributed by atoms with Crippen LogP contribution in [0.1, 0.15) is 23.2 Å². The van der Waals surface area contributed by atoms with Gasteiger partial charge in [0.2, 0.25) is 0 Å². The van der Waals surface area contributed by atoms with Gasteiger partial charge in [0.1, 0.15) is 13.2 Å². The van der Waals surface area contributed by atoms with E-state index in [1.54, 1.807) is 6.20 Å². The number of aromatic nitrogens is 2. The van der Waals surface area contributed by atoms with Crippen LogP contribution in [0, 0.1) is 0 Å². The minimum atomic E-state index is 0.0157. The second-order valence-electron chi connectivity index (χ2n) is 5.85. The monoisotopic (exact) mass is 313 g/mol. The molecule has 1 fully saturated rings. The molecule has 1 amide bonds. The van der Waals surface area contributed by atoms with E-state index in [0.29, 0.717) is 30.3 Å². The standard InChI is InChI=1S/C17H19N3O3/c21-17(14-5-1-6-15-16(14)23-11-10-22-15)20-9-2-4-13(20)12-19-8-3-7-18-19/h1,3,5-8,13H,2,4,9-12H2/t13-/m0/s1. The molecule has 6 heteroatoms. The molecule has 1 atom stereocenters. The summed E-state index contributed by atoms with van der Waals surface area (Å²) in [5.74, 6) is 1.25. The highest BCUT2D eigenvalue weighted by Crippen LogP contribution is 2.35. The van der Waals surface area contributed by atoms with Crippen molar-refractivity contribution in [3.05, 3.63) is 42.2 Å². The summed E-state index contributed by atoms with van der Waals surface area (Å²) in [5.41, 5.74) is 0.592. The molecule has 2 aliphatic heterocycles. The number of hydrogen-bond donors (Lipinski definition) is 0. The van der Waals surface area contributed by atoms with E-state index in [-0.39, 0.29) is 11.9 Å². The molecule has 1 saturated heterocycles. The topological polar surface area (TPSA) is 56.6 Å². The third-order valence-electron chi connectivity index (χ3n) is 4.39. The summed E-state index contributed by atoms with van der Waals surface area (Å²) in [5, 5.41) is 4.25. The summed E-state index contributed by atoms with van der Waals surface area (Å²) in [4.78, 5) is 15.0. The maximum absolute atomic E-state index is 13.0. The fraction of sp³-hybridized carbons (Fsp3) is 0.412. The molecular weight excluding hydrogens is 294 g/mol. The average molecular weight is 313 g/mol. The maximum Gasteiger partial charge on any atom is 0.258 e. The second-order valence-corrected chi connectivity index (χ2v) is 5.85. The predicted molar refractivity (Wildman–Crippen MR) is 83.7 cm³/mol. The normalized spacial score (nSPS) is 19.8. The zero-order valence-electron chi connectivity index (χ0n) is 12.9. The SMILES string of the molecule is O=C(c1cccc2c1OCCO2)N1CCC[C@H]1Cn1cccn1. The largest absolute Gasteiger partial charge is 0.486 e. The molecule has 1 aromatic heterocycles. The van der Waals surface area contributed by atoms with Gasteiger partial charge in [-0.3, -0.25) is 9.48 Å². The molecule has 0 bridgehead atoms. The Balaban J connectivity index is 1.58. The van der Waals surface area contributed by atoms with E-state index in [9.17, 15) is 4.79 Å². The van der Waals surface area contributed by atoms with Crippen molar-refractivity contribution >= 4 is 5.91 Å². The third-order valence-corrected chi connectivity index (χ3v) is 4.39. The highest BCUT2D eigenvalue weighted by molar-refractivity contribution is 5.98. The van der Waals surface area contributed by atoms with Crippen LogP contribution in [0.4, 0.5) is 0 Å². The van der Waals surface area contributed by atoms with Crippen molar-refractivity contribution in [3.63, 3.8) is 0 Å². The van der Waals surface area contributed by atoms with Crippen LogP contribution in [0.3, 0.4) is 0 Å². The Bertz CT molecular complexity index is 699. The lowest BCUT2D eigenvalue weighted by molar-refractivity contribution is 0.0711. The van der Waals surface area contributed by atoms with Crippen LogP contribution in [0.2, 0.25) is 0 Å². The van der Waals surface area contributed by atoms with E-state index in [2.05, 4.69) is 5.10 Å². The molecule has 6 nitrogen and oxygen atoms in total. The number of carbonyl (C=O) groups is 1. The van der Waals surface area contributed by atoms with Crippen LogP contribution in [0.25, 0.3) is 0 Å². The van der Waals surface area contributed by atoms with Gasteiger partial charge in [-0.2, -0.15) is 5.10 Å². The molecule has 3 heterocycles. The molecule has 2 aromatic rings. The van der Waals surface area contributed by atoms with E-state index < -0.39 is 0 Å². The molecule has 0 aliphatic carbocycles. The van der Waals surface area contributed by atoms with Crippen molar-refractivity contribution in [2.75, 3.05) is 19.8 Å². The number of carbonyl (C=O) groups excluding carboxylic acids is 1. The summed E-state index contributed by atoms with van der Waals surface area (Å²) in [7, 11) is 0. The highest BCUT2D eigenvalue weighted by atomic mass is 16.6.